The Labute approximate surface area is 160 Å². The van der Waals surface area contributed by atoms with E-state index in [0.717, 1.165) is 25.5 Å². The zero-order valence-corrected chi connectivity index (χ0v) is 15.1. The van der Waals surface area contributed by atoms with Crippen LogP contribution in [0.5, 0.6) is 17.2 Å². The minimum Gasteiger partial charge on any atom is -0.508 e. The van der Waals surface area contributed by atoms with Gasteiger partial charge in [-0.1, -0.05) is 0 Å². The SMILES string of the molecule is O=c1cc(-c2ccc(O)cc2)oc2c(CN3CCC[C@H]3CO)c(O)cc(O)c12. The summed E-state index contributed by atoms with van der Waals surface area (Å²) in [5.41, 5.74) is 0.672. The van der Waals surface area contributed by atoms with Crippen LogP contribution >= 0.6 is 0 Å². The van der Waals surface area contributed by atoms with Crippen molar-refractivity contribution in [2.75, 3.05) is 13.2 Å². The van der Waals surface area contributed by atoms with Gasteiger partial charge in [0.15, 0.2) is 11.0 Å². The highest BCUT2D eigenvalue weighted by Gasteiger charge is 2.27. The van der Waals surface area contributed by atoms with Crippen LogP contribution in [-0.2, 0) is 6.54 Å². The van der Waals surface area contributed by atoms with Crippen LogP contribution in [0.2, 0.25) is 0 Å². The molecule has 2 heterocycles. The van der Waals surface area contributed by atoms with Crippen LogP contribution in [-0.4, -0.2) is 44.5 Å². The molecule has 0 spiro atoms. The maximum absolute atomic E-state index is 12.7. The molecule has 1 aliphatic heterocycles. The standard InChI is InChI=1S/C21H21NO6/c23-11-13-2-1-7-22(13)10-15-16(25)8-17(26)20-18(27)9-19(28-21(15)20)12-3-5-14(24)6-4-12/h3-6,8-9,13,23-26H,1-2,7,10-11H2/t13-/m0/s1. The summed E-state index contributed by atoms with van der Waals surface area (Å²) in [6, 6.07) is 8.61. The number of phenols is 3. The highest BCUT2D eigenvalue weighted by Crippen LogP contribution is 2.37. The van der Waals surface area contributed by atoms with Gasteiger partial charge in [0.2, 0.25) is 0 Å². The third-order valence-electron chi connectivity index (χ3n) is 5.28. The summed E-state index contributed by atoms with van der Waals surface area (Å²) in [5.74, 6) is -0.155. The molecular formula is C21H21NO6. The van der Waals surface area contributed by atoms with E-state index in [1.54, 1.807) is 12.1 Å². The Kier molecular flexibility index (Phi) is 4.70. The largest absolute Gasteiger partial charge is 0.508 e. The van der Waals surface area contributed by atoms with E-state index in [1.165, 1.54) is 18.2 Å². The zero-order valence-electron chi connectivity index (χ0n) is 15.1. The van der Waals surface area contributed by atoms with Gasteiger partial charge in [0.05, 0.1) is 12.2 Å². The number of rotatable bonds is 4. The van der Waals surface area contributed by atoms with Gasteiger partial charge in [-0.15, -0.1) is 0 Å². The number of nitrogens with zero attached hydrogens (tertiary/aromatic N) is 1. The van der Waals surface area contributed by atoms with Gasteiger partial charge in [-0.2, -0.15) is 0 Å². The van der Waals surface area contributed by atoms with Crippen molar-refractivity contribution in [2.45, 2.75) is 25.4 Å². The van der Waals surface area contributed by atoms with Gasteiger partial charge in [-0.25, -0.2) is 0 Å². The summed E-state index contributed by atoms with van der Waals surface area (Å²) in [5, 5.41) is 39.7. The van der Waals surface area contributed by atoms with Gasteiger partial charge in [-0.05, 0) is 43.7 Å². The maximum Gasteiger partial charge on any atom is 0.197 e. The molecular weight excluding hydrogens is 362 g/mol. The van der Waals surface area contributed by atoms with Gasteiger partial charge >= 0.3 is 0 Å². The fourth-order valence-electron chi connectivity index (χ4n) is 3.79. The number of hydrogen-bond acceptors (Lipinski definition) is 7. The van der Waals surface area contributed by atoms with E-state index >= 15 is 0 Å². The molecule has 1 aliphatic rings. The van der Waals surface area contributed by atoms with Crippen LogP contribution in [0.4, 0.5) is 0 Å². The van der Waals surface area contributed by atoms with Crippen LogP contribution in [0.3, 0.4) is 0 Å². The van der Waals surface area contributed by atoms with Crippen molar-refractivity contribution >= 4 is 11.0 Å². The highest BCUT2D eigenvalue weighted by molar-refractivity contribution is 5.89. The summed E-state index contributed by atoms with van der Waals surface area (Å²) >= 11 is 0. The molecule has 0 aliphatic carbocycles. The lowest BCUT2D eigenvalue weighted by Crippen LogP contribution is -2.31. The summed E-state index contributed by atoms with van der Waals surface area (Å²) in [6.45, 7) is 1.06. The molecule has 3 aromatic rings. The Morgan fingerprint density at radius 3 is 2.54 bits per heavy atom. The minimum absolute atomic E-state index is 0.00933. The molecule has 0 amide bonds. The van der Waals surface area contributed by atoms with Gasteiger partial charge < -0.3 is 24.8 Å². The average molecular weight is 383 g/mol. The van der Waals surface area contributed by atoms with Crippen molar-refractivity contribution in [2.24, 2.45) is 0 Å². The van der Waals surface area contributed by atoms with E-state index in [1.807, 2.05) is 4.90 Å². The minimum atomic E-state index is -0.428. The molecule has 0 unspecified atom stereocenters. The first-order valence-corrected chi connectivity index (χ1v) is 9.14. The smallest absolute Gasteiger partial charge is 0.197 e. The molecule has 1 aromatic heterocycles. The predicted octanol–water partition coefficient (Wildman–Crippen LogP) is 2.53. The monoisotopic (exact) mass is 383 g/mol. The lowest BCUT2D eigenvalue weighted by Gasteiger charge is -2.23. The van der Waals surface area contributed by atoms with E-state index in [9.17, 15) is 25.2 Å². The van der Waals surface area contributed by atoms with Crippen LogP contribution in [0, 0.1) is 0 Å². The molecule has 7 heteroatoms. The summed E-state index contributed by atoms with van der Waals surface area (Å²) < 4.78 is 5.95. The first-order valence-electron chi connectivity index (χ1n) is 9.14. The second-order valence-corrected chi connectivity index (χ2v) is 7.07. The third kappa shape index (κ3) is 3.19. The molecule has 1 fully saturated rings. The number of benzene rings is 2. The lowest BCUT2D eigenvalue weighted by atomic mass is 10.1. The number of aromatic hydroxyl groups is 3. The first kappa shape index (κ1) is 18.3. The fraction of sp³-hybridized carbons (Fsp3) is 0.286. The number of likely N-dealkylation sites (tertiary alicyclic amines) is 1. The van der Waals surface area contributed by atoms with Gasteiger partial charge in [0, 0.05) is 30.3 Å². The number of aliphatic hydroxyl groups excluding tert-OH is 1. The fourth-order valence-corrected chi connectivity index (χ4v) is 3.79. The molecule has 0 radical (unpaired) electrons. The Morgan fingerprint density at radius 1 is 1.07 bits per heavy atom. The quantitative estimate of drug-likeness (QED) is 0.547. The van der Waals surface area contributed by atoms with Crippen molar-refractivity contribution in [3.8, 4) is 28.6 Å². The molecule has 146 valence electrons. The van der Waals surface area contributed by atoms with Crippen LogP contribution in [0.1, 0.15) is 18.4 Å². The normalized spacial score (nSPS) is 17.4. The second-order valence-electron chi connectivity index (χ2n) is 7.07. The Bertz CT molecular complexity index is 1070. The highest BCUT2D eigenvalue weighted by atomic mass is 16.3. The summed E-state index contributed by atoms with van der Waals surface area (Å²) in [4.78, 5) is 14.7. The van der Waals surface area contributed by atoms with E-state index < -0.39 is 5.43 Å². The average Bonchev–Trinajstić information content (AvgIpc) is 3.12. The van der Waals surface area contributed by atoms with E-state index in [0.29, 0.717) is 11.1 Å². The molecule has 2 aromatic carbocycles. The van der Waals surface area contributed by atoms with Crippen LogP contribution in [0.25, 0.3) is 22.3 Å². The topological polar surface area (TPSA) is 114 Å². The number of fused-ring (bicyclic) bond motifs is 1. The van der Waals surface area contributed by atoms with E-state index in [2.05, 4.69) is 0 Å². The van der Waals surface area contributed by atoms with E-state index in [4.69, 9.17) is 4.42 Å². The third-order valence-corrected chi connectivity index (χ3v) is 5.28. The van der Waals surface area contributed by atoms with Gasteiger partial charge in [0.1, 0.15) is 28.4 Å². The molecule has 1 atom stereocenters. The van der Waals surface area contributed by atoms with Crippen molar-refractivity contribution in [3.63, 3.8) is 0 Å². The number of aliphatic hydroxyl groups is 1. The molecule has 4 N–H and O–H groups in total. The Hall–Kier alpha value is -3.03. The Morgan fingerprint density at radius 2 is 1.82 bits per heavy atom. The van der Waals surface area contributed by atoms with Gasteiger partial charge in [-0.3, -0.25) is 9.69 Å². The molecule has 28 heavy (non-hydrogen) atoms. The lowest BCUT2D eigenvalue weighted by molar-refractivity contribution is 0.152. The Balaban J connectivity index is 1.88. The number of hydrogen-bond donors (Lipinski definition) is 4. The summed E-state index contributed by atoms with van der Waals surface area (Å²) in [7, 11) is 0. The first-order chi connectivity index (χ1) is 13.5. The van der Waals surface area contributed by atoms with Crippen LogP contribution < -0.4 is 5.43 Å². The maximum atomic E-state index is 12.7. The van der Waals surface area contributed by atoms with Gasteiger partial charge in [0.25, 0.3) is 0 Å². The van der Waals surface area contributed by atoms with Crippen molar-refractivity contribution in [1.82, 2.24) is 4.90 Å². The molecule has 0 bridgehead atoms. The van der Waals surface area contributed by atoms with Crippen molar-refractivity contribution in [3.05, 3.63) is 52.2 Å². The second kappa shape index (κ2) is 7.18. The molecule has 7 nitrogen and oxygen atoms in total. The summed E-state index contributed by atoms with van der Waals surface area (Å²) in [6.07, 6.45) is 1.79. The van der Waals surface area contributed by atoms with Crippen molar-refractivity contribution in [1.29, 1.82) is 0 Å². The molecule has 0 saturated carbocycles. The van der Waals surface area contributed by atoms with Crippen molar-refractivity contribution < 1.29 is 24.8 Å². The molecule has 4 rings (SSSR count). The predicted molar refractivity (Wildman–Crippen MR) is 103 cm³/mol. The van der Waals surface area contributed by atoms with Crippen LogP contribution in [0.15, 0.2) is 45.6 Å². The molecule has 1 saturated heterocycles. The zero-order chi connectivity index (χ0) is 19.8. The number of phenolic OH excluding ortho intramolecular Hbond substituents is 3. The van der Waals surface area contributed by atoms with E-state index in [-0.39, 0.29) is 53.2 Å².